The molecule has 45 heavy (non-hydrogen) atoms. The van der Waals surface area contributed by atoms with Gasteiger partial charge in [0.1, 0.15) is 0 Å². The summed E-state index contributed by atoms with van der Waals surface area (Å²) in [6.45, 7) is 13.3. The van der Waals surface area contributed by atoms with Crippen LogP contribution in [0.15, 0.2) is 12.2 Å². The summed E-state index contributed by atoms with van der Waals surface area (Å²) in [4.78, 5) is 13.3. The van der Waals surface area contributed by atoms with Crippen molar-refractivity contribution in [2.75, 3.05) is 19.6 Å². The number of nitrogens with zero attached hydrogens (tertiary/aromatic N) is 1. The Morgan fingerprint density at radius 1 is 0.400 bits per heavy atom. The van der Waals surface area contributed by atoms with Crippen LogP contribution in [0.5, 0.6) is 0 Å². The van der Waals surface area contributed by atoms with Gasteiger partial charge < -0.3 is 10.6 Å². The van der Waals surface area contributed by atoms with Gasteiger partial charge in [-0.1, -0.05) is 188 Å². The first-order valence-electron chi connectivity index (χ1n) is 20.8. The van der Waals surface area contributed by atoms with Crippen molar-refractivity contribution in [2.24, 2.45) is 5.73 Å². The van der Waals surface area contributed by atoms with E-state index in [0.29, 0.717) is 6.42 Å². The molecule has 0 rings (SSSR count). The molecular weight excluding hydrogens is 548 g/mol. The summed E-state index contributed by atoms with van der Waals surface area (Å²) in [6, 6.07) is 0. The Morgan fingerprint density at radius 2 is 0.667 bits per heavy atom. The van der Waals surface area contributed by atoms with Gasteiger partial charge in [0, 0.05) is 6.42 Å². The number of rotatable bonds is 36. The van der Waals surface area contributed by atoms with Crippen LogP contribution < -0.4 is 5.73 Å². The lowest BCUT2D eigenvalue weighted by Gasteiger charge is -2.22. The molecule has 0 atom stereocenters. The van der Waals surface area contributed by atoms with Crippen molar-refractivity contribution in [3.63, 3.8) is 0 Å². The molecule has 0 saturated heterocycles. The van der Waals surface area contributed by atoms with Crippen LogP contribution in [0.3, 0.4) is 0 Å². The Hall–Kier alpha value is -0.830. The molecule has 3 heteroatoms. The van der Waals surface area contributed by atoms with Crippen LogP contribution in [0.4, 0.5) is 0 Å². The van der Waals surface area contributed by atoms with Gasteiger partial charge in [0.15, 0.2) is 0 Å². The van der Waals surface area contributed by atoms with E-state index in [0.717, 1.165) is 12.8 Å². The maximum atomic E-state index is 10.5. The van der Waals surface area contributed by atoms with Crippen LogP contribution in [0.2, 0.25) is 0 Å². The normalized spacial score (nSPS) is 11.4. The number of amides is 1. The summed E-state index contributed by atoms with van der Waals surface area (Å²) >= 11 is 0. The van der Waals surface area contributed by atoms with Crippen LogP contribution in [0.25, 0.3) is 0 Å². The standard InChI is InChI=1S/C24H51N.C18H35NO/c1-4-7-10-13-16-19-22-25(23-20-17-14-11-8-5-2)24-21-18-15-12-9-6-3;1-2-3-4-5-6-7-8-9-10-11-12-13-14-15-16-17-18(19)20/h4-24H2,1-3H3;9-10H,2-8,11-17H2,1H3,(H2,19,20)/b;10-9-. The summed E-state index contributed by atoms with van der Waals surface area (Å²) in [5.74, 6) is -0.164. The fourth-order valence-electron chi connectivity index (χ4n) is 6.05. The predicted octanol–water partition coefficient (Wildman–Crippen LogP) is 13.9. The number of hydrogen-bond acceptors (Lipinski definition) is 2. The summed E-state index contributed by atoms with van der Waals surface area (Å²) < 4.78 is 0. The average Bonchev–Trinajstić information content (AvgIpc) is 3.03. The van der Waals surface area contributed by atoms with Gasteiger partial charge in [-0.05, 0) is 71.0 Å². The monoisotopic (exact) mass is 635 g/mol. The number of primary amides is 1. The van der Waals surface area contributed by atoms with Gasteiger partial charge in [0.2, 0.25) is 5.91 Å². The molecule has 0 aromatic rings. The quantitative estimate of drug-likeness (QED) is 0.0550. The SMILES string of the molecule is CCCCCCCC/C=C\CCCCCCCC(N)=O.CCCCCCCCN(CCCCCCCC)CCCCCCCC. The number of hydrogen-bond donors (Lipinski definition) is 1. The molecule has 0 aliphatic carbocycles. The van der Waals surface area contributed by atoms with E-state index in [-0.39, 0.29) is 5.91 Å². The van der Waals surface area contributed by atoms with Crippen molar-refractivity contribution in [1.82, 2.24) is 4.90 Å². The highest BCUT2D eigenvalue weighted by Crippen LogP contribution is 2.12. The first-order chi connectivity index (χ1) is 22.1. The van der Waals surface area contributed by atoms with E-state index in [1.807, 2.05) is 0 Å². The molecule has 0 saturated carbocycles. The molecule has 0 bridgehead atoms. The van der Waals surface area contributed by atoms with Crippen LogP contribution in [0.1, 0.15) is 233 Å². The zero-order valence-corrected chi connectivity index (χ0v) is 31.8. The Bertz CT molecular complexity index is 523. The second-order valence-corrected chi connectivity index (χ2v) is 13.9. The molecular formula is C42H86N2O. The molecule has 0 aromatic carbocycles. The van der Waals surface area contributed by atoms with E-state index in [1.165, 1.54) is 206 Å². The maximum Gasteiger partial charge on any atom is 0.217 e. The molecule has 0 heterocycles. The molecule has 0 unspecified atom stereocenters. The lowest BCUT2D eigenvalue weighted by molar-refractivity contribution is -0.118. The second kappa shape index (κ2) is 43.2. The highest BCUT2D eigenvalue weighted by molar-refractivity contribution is 5.73. The molecule has 1 amide bonds. The van der Waals surface area contributed by atoms with Crippen molar-refractivity contribution in [2.45, 2.75) is 233 Å². The Kier molecular flexibility index (Phi) is 44.4. The molecule has 270 valence electrons. The highest BCUT2D eigenvalue weighted by atomic mass is 16.1. The van der Waals surface area contributed by atoms with Crippen LogP contribution >= 0.6 is 0 Å². The minimum absolute atomic E-state index is 0.164. The number of unbranched alkanes of at least 4 members (excludes halogenated alkanes) is 26. The van der Waals surface area contributed by atoms with Crippen molar-refractivity contribution >= 4 is 5.91 Å². The number of carbonyl (C=O) groups is 1. The van der Waals surface area contributed by atoms with Crippen molar-refractivity contribution in [3.05, 3.63) is 12.2 Å². The highest BCUT2D eigenvalue weighted by Gasteiger charge is 2.05. The molecule has 0 radical (unpaired) electrons. The molecule has 0 fully saturated rings. The summed E-state index contributed by atoms with van der Waals surface area (Å²) in [7, 11) is 0. The van der Waals surface area contributed by atoms with Gasteiger partial charge in [-0.3, -0.25) is 4.79 Å². The van der Waals surface area contributed by atoms with Crippen LogP contribution in [0, 0.1) is 0 Å². The Balaban J connectivity index is 0. The molecule has 0 aromatic heterocycles. The van der Waals surface area contributed by atoms with Gasteiger partial charge in [-0.15, -0.1) is 0 Å². The molecule has 3 nitrogen and oxygen atoms in total. The third-order valence-electron chi connectivity index (χ3n) is 9.17. The van der Waals surface area contributed by atoms with Gasteiger partial charge in [-0.2, -0.15) is 0 Å². The van der Waals surface area contributed by atoms with Gasteiger partial charge in [-0.25, -0.2) is 0 Å². The van der Waals surface area contributed by atoms with E-state index in [4.69, 9.17) is 5.73 Å². The number of nitrogens with two attached hydrogens (primary N) is 1. The molecule has 2 N–H and O–H groups in total. The van der Waals surface area contributed by atoms with Gasteiger partial charge in [0.25, 0.3) is 0 Å². The van der Waals surface area contributed by atoms with E-state index in [9.17, 15) is 4.79 Å². The predicted molar refractivity (Wildman–Crippen MR) is 205 cm³/mol. The van der Waals surface area contributed by atoms with Crippen molar-refractivity contribution < 1.29 is 4.79 Å². The second-order valence-electron chi connectivity index (χ2n) is 13.9. The van der Waals surface area contributed by atoms with Gasteiger partial charge >= 0.3 is 0 Å². The molecule has 0 aliphatic heterocycles. The van der Waals surface area contributed by atoms with Gasteiger partial charge in [0.05, 0.1) is 0 Å². The first kappa shape index (κ1) is 46.3. The smallest absolute Gasteiger partial charge is 0.217 e. The van der Waals surface area contributed by atoms with Crippen LogP contribution in [-0.4, -0.2) is 30.4 Å². The lowest BCUT2D eigenvalue weighted by Crippen LogP contribution is -2.27. The zero-order valence-electron chi connectivity index (χ0n) is 31.8. The van der Waals surface area contributed by atoms with E-state index in [2.05, 4.69) is 44.7 Å². The van der Waals surface area contributed by atoms with Crippen molar-refractivity contribution in [3.8, 4) is 0 Å². The van der Waals surface area contributed by atoms with Crippen molar-refractivity contribution in [1.29, 1.82) is 0 Å². The topological polar surface area (TPSA) is 46.3 Å². The largest absolute Gasteiger partial charge is 0.370 e. The van der Waals surface area contributed by atoms with E-state index < -0.39 is 0 Å². The molecule has 0 spiro atoms. The minimum Gasteiger partial charge on any atom is -0.370 e. The maximum absolute atomic E-state index is 10.5. The third-order valence-corrected chi connectivity index (χ3v) is 9.17. The van der Waals surface area contributed by atoms with E-state index in [1.54, 1.807) is 0 Å². The van der Waals surface area contributed by atoms with E-state index >= 15 is 0 Å². The molecule has 0 aliphatic rings. The lowest BCUT2D eigenvalue weighted by atomic mass is 10.1. The Morgan fingerprint density at radius 3 is 0.978 bits per heavy atom. The Labute approximate surface area is 285 Å². The summed E-state index contributed by atoms with van der Waals surface area (Å²) in [6.07, 6.45) is 47.6. The zero-order chi connectivity index (χ0) is 33.3. The third kappa shape index (κ3) is 45.3. The minimum atomic E-state index is -0.164. The van der Waals surface area contributed by atoms with Crippen LogP contribution in [-0.2, 0) is 4.79 Å². The fourth-order valence-corrected chi connectivity index (χ4v) is 6.05. The summed E-state index contributed by atoms with van der Waals surface area (Å²) in [5.41, 5.74) is 5.10. The fraction of sp³-hybridized carbons (Fsp3) is 0.929. The number of allylic oxidation sites excluding steroid dienone is 2. The summed E-state index contributed by atoms with van der Waals surface area (Å²) in [5, 5.41) is 0. The first-order valence-corrected chi connectivity index (χ1v) is 20.8. The average molecular weight is 635 g/mol. The number of carbonyl (C=O) groups excluding carboxylic acids is 1.